The normalized spacial score (nSPS) is 10.9. The molecule has 0 bridgehead atoms. The number of hydrogen-bond acceptors (Lipinski definition) is 6. The number of carbonyl (C=O) groups excluding carboxylic acids is 1. The number of H-pyrrole nitrogens is 1. The van der Waals surface area contributed by atoms with E-state index in [2.05, 4.69) is 25.7 Å². The number of aromatic amines is 1. The maximum atomic E-state index is 12.1. The zero-order valence-corrected chi connectivity index (χ0v) is 12.7. The number of carbonyl (C=O) groups is 1. The minimum absolute atomic E-state index is 0.157. The van der Waals surface area contributed by atoms with Crippen LogP contribution in [0.3, 0.4) is 0 Å². The van der Waals surface area contributed by atoms with Crippen LogP contribution in [0.15, 0.2) is 28.9 Å². The fourth-order valence-electron chi connectivity index (χ4n) is 2.10. The van der Waals surface area contributed by atoms with Crippen molar-refractivity contribution in [3.05, 3.63) is 41.8 Å². The van der Waals surface area contributed by atoms with Gasteiger partial charge >= 0.3 is 0 Å². The van der Waals surface area contributed by atoms with Crippen LogP contribution in [0.2, 0.25) is 0 Å². The molecule has 0 saturated carbocycles. The average Bonchev–Trinajstić information content (AvgIpc) is 3.25. The lowest BCUT2D eigenvalue weighted by molar-refractivity contribution is 0.0944. The van der Waals surface area contributed by atoms with Crippen molar-refractivity contribution >= 4 is 5.91 Å². The number of methoxy groups -OCH3 is 1. The van der Waals surface area contributed by atoms with Gasteiger partial charge in [-0.1, -0.05) is 5.16 Å². The molecule has 9 nitrogen and oxygen atoms in total. The van der Waals surface area contributed by atoms with Crippen LogP contribution in [-0.2, 0) is 24.9 Å². The van der Waals surface area contributed by atoms with Crippen LogP contribution in [0.25, 0.3) is 11.4 Å². The van der Waals surface area contributed by atoms with Gasteiger partial charge in [0.25, 0.3) is 11.8 Å². The van der Waals surface area contributed by atoms with Gasteiger partial charge in [0, 0.05) is 20.4 Å². The lowest BCUT2D eigenvalue weighted by atomic mass is 10.3. The summed E-state index contributed by atoms with van der Waals surface area (Å²) in [6, 6.07) is 5.53. The van der Waals surface area contributed by atoms with Gasteiger partial charge in [-0.25, -0.2) is 0 Å². The number of amides is 1. The predicted molar refractivity (Wildman–Crippen MR) is 79.2 cm³/mol. The van der Waals surface area contributed by atoms with Gasteiger partial charge in [0.2, 0.25) is 0 Å². The van der Waals surface area contributed by atoms with Gasteiger partial charge in [-0.2, -0.15) is 10.1 Å². The second kappa shape index (κ2) is 6.44. The molecule has 23 heavy (non-hydrogen) atoms. The molecule has 1 amide bonds. The fraction of sp³-hybridized carbons (Fsp3) is 0.286. The minimum Gasteiger partial charge on any atom is -0.375 e. The first kappa shape index (κ1) is 15.0. The minimum atomic E-state index is -0.295. The zero-order chi connectivity index (χ0) is 16.2. The van der Waals surface area contributed by atoms with Crippen molar-refractivity contribution in [2.75, 3.05) is 7.11 Å². The molecule has 0 radical (unpaired) electrons. The number of ether oxygens (including phenoxy) is 1. The van der Waals surface area contributed by atoms with Crippen molar-refractivity contribution < 1.29 is 14.1 Å². The number of aromatic nitrogens is 5. The third kappa shape index (κ3) is 3.29. The van der Waals surface area contributed by atoms with Crippen molar-refractivity contribution in [2.45, 2.75) is 13.2 Å². The Labute approximate surface area is 131 Å². The smallest absolute Gasteiger partial charge is 0.269 e. The van der Waals surface area contributed by atoms with Crippen LogP contribution in [0.1, 0.15) is 22.2 Å². The van der Waals surface area contributed by atoms with E-state index in [1.54, 1.807) is 6.07 Å². The quantitative estimate of drug-likeness (QED) is 0.698. The summed E-state index contributed by atoms with van der Waals surface area (Å²) in [7, 11) is 3.45. The first-order valence-corrected chi connectivity index (χ1v) is 6.93. The van der Waals surface area contributed by atoms with Gasteiger partial charge < -0.3 is 19.1 Å². The molecule has 0 unspecified atom stereocenters. The highest BCUT2D eigenvalue weighted by molar-refractivity contribution is 5.93. The maximum Gasteiger partial charge on any atom is 0.269 e. The van der Waals surface area contributed by atoms with E-state index in [-0.39, 0.29) is 19.1 Å². The Morgan fingerprint density at radius 2 is 2.39 bits per heavy atom. The van der Waals surface area contributed by atoms with Crippen LogP contribution >= 0.6 is 0 Å². The molecule has 0 fully saturated rings. The summed E-state index contributed by atoms with van der Waals surface area (Å²) >= 11 is 0. The Hall–Kier alpha value is -2.94. The molecule has 2 N–H and O–H groups in total. The molecule has 3 rings (SSSR count). The highest BCUT2D eigenvalue weighted by Crippen LogP contribution is 2.17. The third-order valence-corrected chi connectivity index (χ3v) is 3.21. The third-order valence-electron chi connectivity index (χ3n) is 3.21. The summed E-state index contributed by atoms with van der Waals surface area (Å²) in [6.45, 7) is 0.395. The monoisotopic (exact) mass is 316 g/mol. The molecule has 0 spiro atoms. The second-order valence-corrected chi connectivity index (χ2v) is 4.89. The zero-order valence-electron chi connectivity index (χ0n) is 12.7. The summed E-state index contributed by atoms with van der Waals surface area (Å²) in [5.41, 5.74) is 1.98. The highest BCUT2D eigenvalue weighted by Gasteiger charge is 2.13. The summed E-state index contributed by atoms with van der Waals surface area (Å²) in [5.74, 6) is 0.452. The lowest BCUT2D eigenvalue weighted by Crippen LogP contribution is -2.23. The Bertz CT molecular complexity index is 803. The van der Waals surface area contributed by atoms with E-state index >= 15 is 0 Å². The molecule has 3 aromatic heterocycles. The van der Waals surface area contributed by atoms with Crippen molar-refractivity contribution in [1.29, 1.82) is 0 Å². The van der Waals surface area contributed by atoms with Crippen molar-refractivity contribution in [2.24, 2.45) is 7.05 Å². The summed E-state index contributed by atoms with van der Waals surface area (Å²) in [4.78, 5) is 16.2. The second-order valence-electron chi connectivity index (χ2n) is 4.89. The van der Waals surface area contributed by atoms with E-state index in [0.717, 1.165) is 5.69 Å². The van der Waals surface area contributed by atoms with Gasteiger partial charge in [-0.3, -0.25) is 9.89 Å². The molecule has 9 heteroatoms. The first-order chi connectivity index (χ1) is 11.2. The van der Waals surface area contributed by atoms with Crippen LogP contribution in [-0.4, -0.2) is 37.9 Å². The van der Waals surface area contributed by atoms with Gasteiger partial charge in [0.15, 0.2) is 5.82 Å². The largest absolute Gasteiger partial charge is 0.375 e. The Morgan fingerprint density at radius 3 is 3.13 bits per heavy atom. The molecule has 0 saturated heterocycles. The fourth-order valence-corrected chi connectivity index (χ4v) is 2.10. The molecule has 0 aliphatic heterocycles. The summed E-state index contributed by atoms with van der Waals surface area (Å²) < 4.78 is 11.8. The number of rotatable bonds is 6. The molecule has 0 aromatic carbocycles. The van der Waals surface area contributed by atoms with E-state index in [4.69, 9.17) is 9.26 Å². The number of aryl methyl sites for hydroxylation is 1. The lowest BCUT2D eigenvalue weighted by Gasteiger charge is -1.99. The van der Waals surface area contributed by atoms with E-state index in [9.17, 15) is 4.79 Å². The summed E-state index contributed by atoms with van der Waals surface area (Å²) in [5, 5.41) is 13.3. The van der Waals surface area contributed by atoms with Gasteiger partial charge in [-0.05, 0) is 18.2 Å². The number of hydrogen-bond donors (Lipinski definition) is 2. The molecular formula is C14H16N6O3. The Kier molecular flexibility index (Phi) is 4.20. The van der Waals surface area contributed by atoms with Crippen LogP contribution in [0.5, 0.6) is 0 Å². The number of nitrogens with zero attached hydrogens (tertiary/aromatic N) is 4. The molecule has 120 valence electrons. The van der Waals surface area contributed by atoms with E-state index in [1.807, 2.05) is 29.9 Å². The number of nitrogens with one attached hydrogen (secondary N) is 2. The Morgan fingerprint density at radius 1 is 1.52 bits per heavy atom. The molecule has 0 aliphatic carbocycles. The maximum absolute atomic E-state index is 12.1. The molecular weight excluding hydrogens is 300 g/mol. The van der Waals surface area contributed by atoms with Crippen molar-refractivity contribution in [3.63, 3.8) is 0 Å². The van der Waals surface area contributed by atoms with Gasteiger partial charge in [0.1, 0.15) is 18.0 Å². The summed E-state index contributed by atoms with van der Waals surface area (Å²) in [6.07, 6.45) is 1.91. The molecule has 3 aromatic rings. The van der Waals surface area contributed by atoms with Crippen LogP contribution in [0, 0.1) is 0 Å². The van der Waals surface area contributed by atoms with E-state index in [0.29, 0.717) is 23.1 Å². The highest BCUT2D eigenvalue weighted by atomic mass is 16.5. The van der Waals surface area contributed by atoms with E-state index < -0.39 is 0 Å². The van der Waals surface area contributed by atoms with Crippen molar-refractivity contribution in [1.82, 2.24) is 30.2 Å². The predicted octanol–water partition coefficient (Wildman–Crippen LogP) is 0.875. The SMILES string of the molecule is COCc1nc(CNC(=O)c2cc(-c3cccn3C)n[nH]2)no1. The van der Waals surface area contributed by atoms with E-state index in [1.165, 1.54) is 7.11 Å². The molecule has 0 atom stereocenters. The van der Waals surface area contributed by atoms with Gasteiger partial charge in [0.05, 0.1) is 12.2 Å². The van der Waals surface area contributed by atoms with Gasteiger partial charge in [-0.15, -0.1) is 0 Å². The molecule has 3 heterocycles. The first-order valence-electron chi connectivity index (χ1n) is 6.93. The Balaban J connectivity index is 1.62. The molecule has 0 aliphatic rings. The standard InChI is InChI=1S/C14H16N6O3/c1-20-5-3-4-11(20)9-6-10(18-17-9)14(21)15-7-12-16-13(8-22-2)23-19-12/h3-6H,7-8H2,1-2H3,(H,15,21)(H,17,18). The average molecular weight is 316 g/mol. The topological polar surface area (TPSA) is 111 Å². The van der Waals surface area contributed by atoms with Crippen LogP contribution in [0.4, 0.5) is 0 Å². The van der Waals surface area contributed by atoms with Crippen LogP contribution < -0.4 is 5.32 Å². The van der Waals surface area contributed by atoms with Crippen molar-refractivity contribution in [3.8, 4) is 11.4 Å².